The Morgan fingerprint density at radius 2 is 0.617 bits per heavy atom. The van der Waals surface area contributed by atoms with Crippen LogP contribution in [0.15, 0.2) is 0 Å². The van der Waals surface area contributed by atoms with Crippen molar-refractivity contribution in [1.29, 1.82) is 0 Å². The number of rotatable bonds is 26. The van der Waals surface area contributed by atoms with Crippen molar-refractivity contribution >= 4 is 40.4 Å². The van der Waals surface area contributed by atoms with Gasteiger partial charge in [-0.15, -0.1) is 0 Å². The summed E-state index contributed by atoms with van der Waals surface area (Å²) in [5, 5.41) is 30.7. The molecule has 7 heteroatoms. The number of carbonyl (C=O) groups excluding carboxylic acids is 3. The van der Waals surface area contributed by atoms with Gasteiger partial charge in [-0.1, -0.05) is 139 Å². The predicted molar refractivity (Wildman–Crippen MR) is 196 cm³/mol. The summed E-state index contributed by atoms with van der Waals surface area (Å²) in [5.74, 6) is -2.75. The first-order valence-corrected chi connectivity index (χ1v) is 21.5. The van der Waals surface area contributed by atoms with Crippen molar-refractivity contribution < 1.29 is 29.7 Å². The molecule has 0 amide bonds. The molecule has 0 aromatic heterocycles. The van der Waals surface area contributed by atoms with Crippen LogP contribution in [0.1, 0.15) is 217 Å². The minimum absolute atomic E-state index is 0.215. The Morgan fingerprint density at radius 1 is 0.404 bits per heavy atom. The average molecular weight is 774 g/mol. The van der Waals surface area contributed by atoms with E-state index in [1.807, 2.05) is 0 Å². The third-order valence-corrected chi connectivity index (χ3v) is 12.3. The SMILES string of the molecule is CCC(CC)(CC)CCCCC(=O)[O-].CCC(CC)(CC)CCCCC(=O)[O-].CCC(CC)(CC)CCCCC(=O)[O-].CCC[CH2][Sn+3]. The molecule has 0 heterocycles. The van der Waals surface area contributed by atoms with E-state index in [1.54, 1.807) is 22.5 Å². The van der Waals surface area contributed by atoms with Crippen molar-refractivity contribution in [2.45, 2.75) is 221 Å². The Labute approximate surface area is 306 Å². The number of carbonyl (C=O) groups is 3. The van der Waals surface area contributed by atoms with E-state index >= 15 is 0 Å². The molecule has 0 bridgehead atoms. The van der Waals surface area contributed by atoms with Crippen LogP contribution in [0.2, 0.25) is 4.44 Å². The minimum atomic E-state index is -0.917. The molecule has 0 saturated heterocycles. The topological polar surface area (TPSA) is 120 Å². The van der Waals surface area contributed by atoms with Gasteiger partial charge in [0.25, 0.3) is 0 Å². The van der Waals surface area contributed by atoms with E-state index in [0.717, 1.165) is 57.8 Å². The van der Waals surface area contributed by atoms with E-state index in [0.29, 0.717) is 16.2 Å². The van der Waals surface area contributed by atoms with Crippen molar-refractivity contribution in [1.82, 2.24) is 0 Å². The summed E-state index contributed by atoms with van der Waals surface area (Å²) in [7, 11) is 0. The Kier molecular flexibility index (Phi) is 39.5. The summed E-state index contributed by atoms with van der Waals surface area (Å²) < 4.78 is 1.43. The molecule has 278 valence electrons. The second kappa shape index (κ2) is 35.0. The van der Waals surface area contributed by atoms with Gasteiger partial charge in [0.1, 0.15) is 0 Å². The van der Waals surface area contributed by atoms with Crippen LogP contribution >= 0.6 is 0 Å². The summed E-state index contributed by atoms with van der Waals surface area (Å²) in [6.45, 7) is 22.3. The van der Waals surface area contributed by atoms with Gasteiger partial charge in [0.2, 0.25) is 0 Å². The zero-order valence-electron chi connectivity index (χ0n) is 32.9. The molecule has 0 atom stereocenters. The first kappa shape index (κ1) is 53.0. The Bertz CT molecular complexity index is 594. The molecule has 0 spiro atoms. The Balaban J connectivity index is -0.000000275. The molecule has 0 N–H and O–H groups in total. The van der Waals surface area contributed by atoms with Crippen LogP contribution in [0.4, 0.5) is 0 Å². The summed E-state index contributed by atoms with van der Waals surface area (Å²) in [5.41, 5.74) is 1.35. The number of carboxylic acid groups (broad SMARTS) is 3. The van der Waals surface area contributed by atoms with Crippen LogP contribution in [-0.4, -0.2) is 40.4 Å². The van der Waals surface area contributed by atoms with E-state index in [2.05, 4.69) is 69.2 Å². The first-order chi connectivity index (χ1) is 22.2. The molecular weight excluding hydrogens is 695 g/mol. The van der Waals surface area contributed by atoms with Crippen LogP contribution in [0.25, 0.3) is 0 Å². The molecule has 0 aromatic rings. The van der Waals surface area contributed by atoms with E-state index < -0.39 is 17.9 Å². The summed E-state index contributed by atoms with van der Waals surface area (Å²) in [4.78, 5) is 30.7. The summed E-state index contributed by atoms with van der Waals surface area (Å²) >= 11 is 1.68. The Morgan fingerprint density at radius 3 is 0.723 bits per heavy atom. The van der Waals surface area contributed by atoms with E-state index in [9.17, 15) is 29.7 Å². The van der Waals surface area contributed by atoms with Crippen molar-refractivity contribution in [3.8, 4) is 0 Å². The molecule has 0 aliphatic heterocycles. The third-order valence-electron chi connectivity index (χ3n) is 11.3. The van der Waals surface area contributed by atoms with Gasteiger partial charge in [0, 0.05) is 17.9 Å². The second-order valence-corrected chi connectivity index (χ2v) is 14.9. The van der Waals surface area contributed by atoms with Gasteiger partial charge in [0.15, 0.2) is 0 Å². The fourth-order valence-corrected chi connectivity index (χ4v) is 7.33. The van der Waals surface area contributed by atoms with Crippen molar-refractivity contribution in [2.24, 2.45) is 16.2 Å². The van der Waals surface area contributed by atoms with Gasteiger partial charge >= 0.3 is 46.7 Å². The van der Waals surface area contributed by atoms with Crippen LogP contribution < -0.4 is 15.3 Å². The van der Waals surface area contributed by atoms with Gasteiger partial charge in [-0.3, -0.25) is 0 Å². The van der Waals surface area contributed by atoms with E-state index in [4.69, 9.17) is 0 Å². The normalized spacial score (nSPS) is 11.3. The van der Waals surface area contributed by atoms with Crippen molar-refractivity contribution in [2.75, 3.05) is 0 Å². The van der Waals surface area contributed by atoms with Crippen molar-refractivity contribution in [3.05, 3.63) is 0 Å². The van der Waals surface area contributed by atoms with Gasteiger partial charge in [-0.2, -0.15) is 0 Å². The molecule has 0 aliphatic rings. The number of aliphatic carboxylic acids is 3. The van der Waals surface area contributed by atoms with Crippen LogP contribution in [-0.2, 0) is 14.4 Å². The van der Waals surface area contributed by atoms with Gasteiger partial charge in [0.05, 0.1) is 0 Å². The average Bonchev–Trinajstić information content (AvgIpc) is 3.07. The number of hydrogen-bond acceptors (Lipinski definition) is 6. The molecule has 47 heavy (non-hydrogen) atoms. The van der Waals surface area contributed by atoms with E-state index in [-0.39, 0.29) is 19.3 Å². The zero-order chi connectivity index (χ0) is 37.2. The third kappa shape index (κ3) is 31.0. The van der Waals surface area contributed by atoms with E-state index in [1.165, 1.54) is 75.1 Å². The van der Waals surface area contributed by atoms with Gasteiger partial charge < -0.3 is 29.7 Å². The molecule has 0 aliphatic carbocycles. The second-order valence-electron chi connectivity index (χ2n) is 13.5. The predicted octanol–water partition coefficient (Wildman–Crippen LogP) is 8.91. The quantitative estimate of drug-likeness (QED) is 0.0640. The van der Waals surface area contributed by atoms with Crippen LogP contribution in [0.3, 0.4) is 0 Å². The molecule has 0 rings (SSSR count). The standard InChI is InChI=1S/3C12H24O2.C4H9.Sn/c3*1-4-12(5-2,6-3)10-8-7-9-11(13)14;1-3-4-2;/h3*4-10H2,1-3H3,(H,13,14);1,3-4H2,2H3;/q;;;;+3/p-3. The molecular formula is C40H78O6Sn. The molecule has 0 fully saturated rings. The molecule has 6 nitrogen and oxygen atoms in total. The zero-order valence-corrected chi connectivity index (χ0v) is 35.8. The fourth-order valence-electron chi connectivity index (χ4n) is 6.33. The Hall–Kier alpha value is -0.791. The fraction of sp³-hybridized carbons (Fsp3) is 0.925. The molecule has 0 unspecified atom stereocenters. The maximum absolute atomic E-state index is 10.2. The van der Waals surface area contributed by atoms with Crippen LogP contribution in [0.5, 0.6) is 0 Å². The van der Waals surface area contributed by atoms with Crippen LogP contribution in [0, 0.1) is 16.2 Å². The summed E-state index contributed by atoms with van der Waals surface area (Å²) in [6.07, 6.45) is 23.1. The van der Waals surface area contributed by atoms with Gasteiger partial charge in [-0.05, 0) is 74.0 Å². The number of unbranched alkanes of at least 4 members (excludes halogenated alkanes) is 4. The molecule has 0 saturated carbocycles. The molecule has 0 aromatic carbocycles. The number of carboxylic acids is 3. The summed E-state index contributed by atoms with van der Waals surface area (Å²) in [6, 6.07) is 0. The van der Waals surface area contributed by atoms with Crippen molar-refractivity contribution in [3.63, 3.8) is 0 Å². The maximum atomic E-state index is 10.2. The first-order valence-electron chi connectivity index (χ1n) is 19.5. The monoisotopic (exact) mass is 774 g/mol. The van der Waals surface area contributed by atoms with Gasteiger partial charge in [-0.25, -0.2) is 0 Å². The number of hydrogen-bond donors (Lipinski definition) is 0. The molecule has 0 radical (unpaired) electrons.